The zero-order valence-electron chi connectivity index (χ0n) is 10.0. The highest BCUT2D eigenvalue weighted by Crippen LogP contribution is 2.20. The predicted octanol–water partition coefficient (Wildman–Crippen LogP) is 0.665. The summed E-state index contributed by atoms with van der Waals surface area (Å²) >= 11 is 0. The molecule has 0 atom stereocenters. The van der Waals surface area contributed by atoms with Gasteiger partial charge in [0.05, 0.1) is 12.1 Å². The molecule has 0 spiro atoms. The van der Waals surface area contributed by atoms with Gasteiger partial charge in [-0.1, -0.05) is 0 Å². The predicted molar refractivity (Wildman–Crippen MR) is 62.4 cm³/mol. The van der Waals surface area contributed by atoms with E-state index in [9.17, 15) is 9.18 Å². The highest BCUT2D eigenvalue weighted by atomic mass is 19.1. The molecule has 2 rings (SSSR count). The van der Waals surface area contributed by atoms with E-state index in [-0.39, 0.29) is 17.9 Å². The van der Waals surface area contributed by atoms with Crippen LogP contribution in [0.2, 0.25) is 0 Å². The van der Waals surface area contributed by atoms with Gasteiger partial charge in [-0.05, 0) is 35.0 Å². The first-order chi connectivity index (χ1) is 8.50. The number of halogens is 1. The number of nitrogen functional groups attached to an aromatic ring is 1. The molecule has 0 amide bonds. The second kappa shape index (κ2) is 4.52. The number of anilines is 1. The molecule has 1 heterocycles. The molecule has 6 nitrogen and oxygen atoms in total. The van der Waals surface area contributed by atoms with Crippen molar-refractivity contribution in [3.8, 4) is 0 Å². The van der Waals surface area contributed by atoms with Gasteiger partial charge in [0.25, 0.3) is 0 Å². The van der Waals surface area contributed by atoms with Gasteiger partial charge in [0.1, 0.15) is 5.82 Å². The van der Waals surface area contributed by atoms with Gasteiger partial charge in [-0.25, -0.2) is 9.07 Å². The van der Waals surface area contributed by atoms with Gasteiger partial charge < -0.3 is 5.73 Å². The third-order valence-electron chi connectivity index (χ3n) is 2.79. The summed E-state index contributed by atoms with van der Waals surface area (Å²) < 4.78 is 14.6. The molecule has 18 heavy (non-hydrogen) atoms. The van der Waals surface area contributed by atoms with Crippen molar-refractivity contribution in [2.24, 2.45) is 7.05 Å². The largest absolute Gasteiger partial charge is 0.396 e. The molecule has 0 saturated carbocycles. The number of tetrazole rings is 1. The number of nitrogens with zero attached hydrogens (tertiary/aromatic N) is 4. The Morgan fingerprint density at radius 3 is 2.83 bits per heavy atom. The summed E-state index contributed by atoms with van der Waals surface area (Å²) in [6.45, 7) is 1.61. The van der Waals surface area contributed by atoms with E-state index in [1.54, 1.807) is 14.0 Å². The summed E-state index contributed by atoms with van der Waals surface area (Å²) in [5, 5.41) is 10.8. The SMILES string of the molecule is Cc1c(C(=O)Cc2nnnn2C)ccc(F)c1N. The number of hydrogen-bond acceptors (Lipinski definition) is 5. The van der Waals surface area contributed by atoms with Gasteiger partial charge in [-0.2, -0.15) is 0 Å². The molecular weight excluding hydrogens is 237 g/mol. The summed E-state index contributed by atoms with van der Waals surface area (Å²) in [4.78, 5) is 12.1. The number of carbonyl (C=O) groups is 1. The Balaban J connectivity index is 2.30. The molecule has 2 N–H and O–H groups in total. The van der Waals surface area contributed by atoms with Gasteiger partial charge >= 0.3 is 0 Å². The zero-order chi connectivity index (χ0) is 13.3. The van der Waals surface area contributed by atoms with Crippen LogP contribution in [0.1, 0.15) is 21.7 Å². The van der Waals surface area contributed by atoms with E-state index in [0.717, 1.165) is 0 Å². The average molecular weight is 249 g/mol. The third kappa shape index (κ3) is 2.06. The van der Waals surface area contributed by atoms with Crippen molar-refractivity contribution in [1.82, 2.24) is 20.2 Å². The zero-order valence-corrected chi connectivity index (χ0v) is 10.0. The van der Waals surface area contributed by atoms with Gasteiger partial charge in [0.2, 0.25) is 0 Å². The minimum Gasteiger partial charge on any atom is -0.396 e. The number of hydrogen-bond donors (Lipinski definition) is 1. The van der Waals surface area contributed by atoms with Crippen LogP contribution in [0.4, 0.5) is 10.1 Å². The molecule has 0 aliphatic carbocycles. The van der Waals surface area contributed by atoms with E-state index in [0.29, 0.717) is 17.0 Å². The van der Waals surface area contributed by atoms with Gasteiger partial charge in [-0.3, -0.25) is 4.79 Å². The van der Waals surface area contributed by atoms with Crippen LogP contribution in [0.15, 0.2) is 12.1 Å². The van der Waals surface area contributed by atoms with Crippen LogP contribution < -0.4 is 5.73 Å². The monoisotopic (exact) mass is 249 g/mol. The minimum atomic E-state index is -0.524. The molecule has 0 bridgehead atoms. The maximum absolute atomic E-state index is 13.2. The second-order valence-electron chi connectivity index (χ2n) is 3.95. The highest BCUT2D eigenvalue weighted by Gasteiger charge is 2.16. The van der Waals surface area contributed by atoms with Crippen LogP contribution in [0.25, 0.3) is 0 Å². The van der Waals surface area contributed by atoms with Crippen LogP contribution >= 0.6 is 0 Å². The van der Waals surface area contributed by atoms with Crippen molar-refractivity contribution in [3.63, 3.8) is 0 Å². The average Bonchev–Trinajstić information content (AvgIpc) is 2.72. The lowest BCUT2D eigenvalue weighted by molar-refractivity contribution is 0.0989. The summed E-state index contributed by atoms with van der Waals surface area (Å²) in [7, 11) is 1.65. The molecule has 7 heteroatoms. The van der Waals surface area contributed by atoms with E-state index in [2.05, 4.69) is 15.5 Å². The van der Waals surface area contributed by atoms with E-state index < -0.39 is 5.82 Å². The van der Waals surface area contributed by atoms with Crippen molar-refractivity contribution >= 4 is 11.5 Å². The van der Waals surface area contributed by atoms with E-state index in [1.807, 2.05) is 0 Å². The molecule has 0 radical (unpaired) electrons. The fourth-order valence-electron chi connectivity index (χ4n) is 1.63. The first-order valence-electron chi connectivity index (χ1n) is 5.29. The molecular formula is C11H12FN5O. The normalized spacial score (nSPS) is 10.6. The number of nitrogens with two attached hydrogens (primary N) is 1. The van der Waals surface area contributed by atoms with Crippen LogP contribution in [0.3, 0.4) is 0 Å². The summed E-state index contributed by atoms with van der Waals surface area (Å²) in [5.41, 5.74) is 6.37. The third-order valence-corrected chi connectivity index (χ3v) is 2.79. The Kier molecular flexibility index (Phi) is 3.05. The highest BCUT2D eigenvalue weighted by molar-refractivity contribution is 5.99. The molecule has 0 fully saturated rings. The molecule has 1 aromatic heterocycles. The molecule has 0 unspecified atom stereocenters. The molecule has 1 aromatic carbocycles. The first kappa shape index (κ1) is 12.2. The van der Waals surface area contributed by atoms with Crippen molar-refractivity contribution in [3.05, 3.63) is 34.9 Å². The molecule has 2 aromatic rings. The number of ketones is 1. The number of rotatable bonds is 3. The van der Waals surface area contributed by atoms with Gasteiger partial charge in [-0.15, -0.1) is 5.10 Å². The van der Waals surface area contributed by atoms with Gasteiger partial charge in [0.15, 0.2) is 11.6 Å². The topological polar surface area (TPSA) is 86.7 Å². The quantitative estimate of drug-likeness (QED) is 0.638. The first-order valence-corrected chi connectivity index (χ1v) is 5.29. The van der Waals surface area contributed by atoms with Crippen LogP contribution in [0.5, 0.6) is 0 Å². The maximum atomic E-state index is 13.2. The lowest BCUT2D eigenvalue weighted by atomic mass is 10.0. The molecule has 0 aliphatic heterocycles. The van der Waals surface area contributed by atoms with Crippen LogP contribution in [-0.2, 0) is 13.5 Å². The summed E-state index contributed by atoms with van der Waals surface area (Å²) in [5.74, 6) is -0.274. The van der Waals surface area contributed by atoms with E-state index in [4.69, 9.17) is 5.73 Å². The van der Waals surface area contributed by atoms with Crippen LogP contribution in [-0.4, -0.2) is 26.0 Å². The Morgan fingerprint density at radius 2 is 2.22 bits per heavy atom. The van der Waals surface area contributed by atoms with E-state index in [1.165, 1.54) is 16.8 Å². The fourth-order valence-corrected chi connectivity index (χ4v) is 1.63. The summed E-state index contributed by atoms with van der Waals surface area (Å²) in [6, 6.07) is 2.61. The lowest BCUT2D eigenvalue weighted by Gasteiger charge is -2.07. The Labute approximate surface area is 103 Å². The Bertz CT molecular complexity index is 607. The summed E-state index contributed by atoms with van der Waals surface area (Å²) in [6.07, 6.45) is 0.0510. The molecule has 0 saturated heterocycles. The van der Waals surface area contributed by atoms with Crippen molar-refractivity contribution in [2.75, 3.05) is 5.73 Å². The Hall–Kier alpha value is -2.31. The Morgan fingerprint density at radius 1 is 1.50 bits per heavy atom. The van der Waals surface area contributed by atoms with Gasteiger partial charge in [0, 0.05) is 12.6 Å². The van der Waals surface area contributed by atoms with Crippen molar-refractivity contribution in [1.29, 1.82) is 0 Å². The standard InChI is InChI=1S/C11H12FN5O/c1-6-7(3-4-8(12)11(6)13)9(18)5-10-14-15-16-17(10)2/h3-4H,5,13H2,1-2H3. The van der Waals surface area contributed by atoms with Crippen molar-refractivity contribution in [2.45, 2.75) is 13.3 Å². The minimum absolute atomic E-state index is 0.00283. The maximum Gasteiger partial charge on any atom is 0.170 e. The van der Waals surface area contributed by atoms with Crippen LogP contribution in [0, 0.1) is 12.7 Å². The number of Topliss-reactive ketones (excluding diaryl/α,β-unsaturated/α-hetero) is 1. The number of benzene rings is 1. The smallest absolute Gasteiger partial charge is 0.170 e. The lowest BCUT2D eigenvalue weighted by Crippen LogP contribution is -2.11. The second-order valence-corrected chi connectivity index (χ2v) is 3.95. The molecule has 94 valence electrons. The van der Waals surface area contributed by atoms with E-state index >= 15 is 0 Å². The fraction of sp³-hybridized carbons (Fsp3) is 0.273. The number of carbonyl (C=O) groups excluding carboxylic acids is 1. The number of aromatic nitrogens is 4. The molecule has 0 aliphatic rings. The van der Waals surface area contributed by atoms with Crippen molar-refractivity contribution < 1.29 is 9.18 Å². The number of aryl methyl sites for hydroxylation is 1.